The van der Waals surface area contributed by atoms with E-state index in [2.05, 4.69) is 30.0 Å². The molecule has 0 saturated carbocycles. The summed E-state index contributed by atoms with van der Waals surface area (Å²) < 4.78 is 55.3. The molecule has 0 unspecified atom stereocenters. The summed E-state index contributed by atoms with van der Waals surface area (Å²) in [6, 6.07) is 3.53. The smallest absolute Gasteiger partial charge is 0.264 e. The minimum atomic E-state index is -3.64. The summed E-state index contributed by atoms with van der Waals surface area (Å²) in [4.78, 5) is 21.2. The molecule has 2 heterocycles. The fraction of sp³-hybridized carbons (Fsp3) is 0.739. The second-order valence-corrected chi connectivity index (χ2v) is 16.1. The number of rotatable bonds is 15. The van der Waals surface area contributed by atoms with Gasteiger partial charge in [0, 0.05) is 37.3 Å². The number of carbonyl (C=O) groups is 1. The Balaban J connectivity index is 1.86. The van der Waals surface area contributed by atoms with E-state index in [-0.39, 0.29) is 23.9 Å². The number of hydrogen-bond acceptors (Lipinski definition) is 11. The van der Waals surface area contributed by atoms with Gasteiger partial charge in [-0.3, -0.25) is 23.0 Å². The van der Waals surface area contributed by atoms with Crippen molar-refractivity contribution in [2.45, 2.75) is 57.5 Å². The maximum atomic E-state index is 12.6. The maximum Gasteiger partial charge on any atom is 0.264 e. The van der Waals surface area contributed by atoms with Gasteiger partial charge in [0.2, 0.25) is 5.91 Å². The number of pyridine rings is 1. The van der Waals surface area contributed by atoms with Crippen molar-refractivity contribution in [1.29, 1.82) is 0 Å². The van der Waals surface area contributed by atoms with Crippen LogP contribution in [0.5, 0.6) is 0 Å². The summed E-state index contributed by atoms with van der Waals surface area (Å²) >= 11 is 0. The van der Waals surface area contributed by atoms with Gasteiger partial charge in [-0.1, -0.05) is 21.6 Å². The van der Waals surface area contributed by atoms with E-state index in [1.165, 1.54) is 0 Å². The molecule has 0 spiro atoms. The summed E-state index contributed by atoms with van der Waals surface area (Å²) in [6.45, 7) is 7.83. The summed E-state index contributed by atoms with van der Waals surface area (Å²) in [6.07, 6.45) is 6.95. The Kier molecular flexibility index (Phi) is 12.6. The van der Waals surface area contributed by atoms with E-state index in [9.17, 15) is 21.6 Å². The number of aromatic nitrogens is 1. The zero-order valence-corrected chi connectivity index (χ0v) is 25.5. The van der Waals surface area contributed by atoms with Gasteiger partial charge in [-0.2, -0.15) is 16.8 Å². The number of hydrogen-bond donors (Lipinski definition) is 0. The van der Waals surface area contributed by atoms with Gasteiger partial charge >= 0.3 is 0 Å². The fourth-order valence-corrected chi connectivity index (χ4v) is 6.82. The third kappa shape index (κ3) is 13.6. The molecule has 37 heavy (non-hydrogen) atoms. The summed E-state index contributed by atoms with van der Waals surface area (Å²) in [7, 11) is -3.75. The Morgan fingerprint density at radius 2 is 1.54 bits per heavy atom. The second kappa shape index (κ2) is 14.5. The van der Waals surface area contributed by atoms with Crippen LogP contribution in [-0.4, -0.2) is 93.8 Å². The molecule has 212 valence electrons. The van der Waals surface area contributed by atoms with E-state index in [0.29, 0.717) is 24.2 Å². The van der Waals surface area contributed by atoms with Crippen LogP contribution in [0.1, 0.15) is 50.1 Å². The quantitative estimate of drug-likeness (QED) is 0.219. The highest BCUT2D eigenvalue weighted by atomic mass is 33.1. The van der Waals surface area contributed by atoms with Gasteiger partial charge < -0.3 is 4.90 Å². The number of nitrogens with zero attached hydrogens (tertiary/aromatic N) is 3. The summed E-state index contributed by atoms with van der Waals surface area (Å²) in [5.74, 6) is 0.221. The van der Waals surface area contributed by atoms with Crippen LogP contribution in [0.4, 0.5) is 0 Å². The molecule has 1 aromatic heterocycles. The van der Waals surface area contributed by atoms with Crippen molar-refractivity contribution < 1.29 is 30.0 Å². The molecule has 1 aliphatic rings. The van der Waals surface area contributed by atoms with E-state index in [1.807, 2.05) is 4.90 Å². The zero-order chi connectivity index (χ0) is 27.7. The fourth-order valence-electron chi connectivity index (χ4n) is 3.91. The van der Waals surface area contributed by atoms with Gasteiger partial charge in [0.05, 0.1) is 23.9 Å². The number of carbonyl (C=O) groups excluding carboxylic acids is 1. The molecule has 1 fully saturated rings. The molecule has 1 aromatic rings. The van der Waals surface area contributed by atoms with Crippen LogP contribution < -0.4 is 0 Å². The van der Waals surface area contributed by atoms with Crippen LogP contribution in [-0.2, 0) is 53.0 Å². The van der Waals surface area contributed by atoms with Crippen molar-refractivity contribution in [3.63, 3.8) is 0 Å². The molecule has 1 aliphatic heterocycles. The first kappa shape index (κ1) is 32.3. The van der Waals surface area contributed by atoms with Gasteiger partial charge in [0.15, 0.2) is 0 Å². The van der Waals surface area contributed by atoms with E-state index in [4.69, 9.17) is 8.37 Å². The maximum absolute atomic E-state index is 12.6. The lowest BCUT2D eigenvalue weighted by atomic mass is 10.1. The van der Waals surface area contributed by atoms with Gasteiger partial charge in [0.25, 0.3) is 20.2 Å². The zero-order valence-electron chi connectivity index (χ0n) is 22.3. The van der Waals surface area contributed by atoms with Crippen LogP contribution >= 0.6 is 21.6 Å². The van der Waals surface area contributed by atoms with Gasteiger partial charge in [0.1, 0.15) is 13.2 Å². The van der Waals surface area contributed by atoms with E-state index < -0.39 is 20.2 Å². The molecule has 0 bridgehead atoms. The van der Waals surface area contributed by atoms with Crippen LogP contribution in [0.15, 0.2) is 12.1 Å². The SMILES string of the molecule is CSSC(C)(C)CCC(=O)N1CCN(CCCc2cc(COS(C)(=O)=O)nc(COS(C)(=O)=O)c2)CC1. The highest BCUT2D eigenvalue weighted by Gasteiger charge is 2.24. The molecule has 1 amide bonds. The topological polar surface area (TPSA) is 123 Å². The Bertz CT molecular complexity index is 1050. The molecule has 10 nitrogen and oxygen atoms in total. The standard InChI is InChI=1S/C23H39N3O7S4/c1-23(2,35-34-3)9-8-22(27)26-13-11-25(12-14-26)10-6-7-19-15-20(17-32-36(4,28)29)24-21(16-19)18-33-37(5,30)31/h15-16H,6-14,17-18H2,1-5H3. The lowest BCUT2D eigenvalue weighted by Crippen LogP contribution is -2.49. The third-order valence-electron chi connectivity index (χ3n) is 5.75. The van der Waals surface area contributed by atoms with Gasteiger partial charge in [-0.05, 0) is 63.6 Å². The molecule has 14 heteroatoms. The first-order valence-electron chi connectivity index (χ1n) is 12.1. The third-order valence-corrected chi connectivity index (χ3v) is 9.52. The molecular weight excluding hydrogens is 559 g/mol. The van der Waals surface area contributed by atoms with Crippen molar-refractivity contribution in [3.8, 4) is 0 Å². The van der Waals surface area contributed by atoms with Gasteiger partial charge in [-0.15, -0.1) is 0 Å². The number of piperazine rings is 1. The largest absolute Gasteiger partial charge is 0.340 e. The monoisotopic (exact) mass is 597 g/mol. The first-order chi connectivity index (χ1) is 17.2. The normalized spacial score (nSPS) is 15.8. The molecule has 0 aromatic carbocycles. The summed E-state index contributed by atoms with van der Waals surface area (Å²) in [5.41, 5.74) is 1.68. The van der Waals surface area contributed by atoms with Gasteiger partial charge in [-0.25, -0.2) is 0 Å². The molecular formula is C23H39N3O7S4. The van der Waals surface area contributed by atoms with Crippen molar-refractivity contribution in [2.24, 2.45) is 0 Å². The van der Waals surface area contributed by atoms with Crippen LogP contribution in [0.25, 0.3) is 0 Å². The van der Waals surface area contributed by atoms with Crippen molar-refractivity contribution in [1.82, 2.24) is 14.8 Å². The predicted molar refractivity (Wildman–Crippen MR) is 149 cm³/mol. The Morgan fingerprint density at radius 3 is 2.03 bits per heavy atom. The van der Waals surface area contributed by atoms with Crippen LogP contribution in [0.2, 0.25) is 0 Å². The van der Waals surface area contributed by atoms with Crippen LogP contribution in [0, 0.1) is 0 Å². The lowest BCUT2D eigenvalue weighted by Gasteiger charge is -2.35. The number of aryl methyl sites for hydroxylation is 1. The van der Waals surface area contributed by atoms with Crippen molar-refractivity contribution in [2.75, 3.05) is 51.5 Å². The molecule has 2 rings (SSSR count). The Labute approximate surface area is 229 Å². The minimum absolute atomic E-state index is 0.0808. The number of amides is 1. The van der Waals surface area contributed by atoms with E-state index in [1.54, 1.807) is 33.7 Å². The molecule has 0 atom stereocenters. The average molecular weight is 598 g/mol. The Morgan fingerprint density at radius 1 is 1.00 bits per heavy atom. The van der Waals surface area contributed by atoms with Crippen molar-refractivity contribution >= 4 is 47.7 Å². The van der Waals surface area contributed by atoms with Crippen molar-refractivity contribution in [3.05, 3.63) is 29.1 Å². The molecule has 0 aliphatic carbocycles. The minimum Gasteiger partial charge on any atom is -0.340 e. The Hall–Kier alpha value is -0.900. The summed E-state index contributed by atoms with van der Waals surface area (Å²) in [5, 5.41) is 0. The van der Waals surface area contributed by atoms with E-state index >= 15 is 0 Å². The second-order valence-electron chi connectivity index (χ2n) is 9.73. The highest BCUT2D eigenvalue weighted by Crippen LogP contribution is 2.37. The lowest BCUT2D eigenvalue weighted by molar-refractivity contribution is -0.133. The first-order valence-corrected chi connectivity index (χ1v) is 18.2. The average Bonchev–Trinajstić information content (AvgIpc) is 2.79. The highest BCUT2D eigenvalue weighted by molar-refractivity contribution is 8.76. The van der Waals surface area contributed by atoms with E-state index in [0.717, 1.165) is 63.6 Å². The predicted octanol–water partition coefficient (Wildman–Crippen LogP) is 2.68. The molecule has 0 radical (unpaired) electrons. The molecule has 0 N–H and O–H groups in total. The molecule has 1 saturated heterocycles. The van der Waals surface area contributed by atoms with Crippen LogP contribution in [0.3, 0.4) is 0 Å².